The first-order valence-corrected chi connectivity index (χ1v) is 6.56. The number of aromatic amines is 1. The first kappa shape index (κ1) is 13.7. The molecule has 7 heteroatoms. The van der Waals surface area contributed by atoms with Gasteiger partial charge in [-0.15, -0.1) is 0 Å². The molecule has 0 radical (unpaired) electrons. The molecule has 0 aliphatic rings. The van der Waals surface area contributed by atoms with Crippen molar-refractivity contribution in [3.8, 4) is 11.6 Å². The lowest BCUT2D eigenvalue weighted by Gasteiger charge is -2.24. The Hall–Kier alpha value is -1.76. The summed E-state index contributed by atoms with van der Waals surface area (Å²) in [6, 6.07) is 0.271. The van der Waals surface area contributed by atoms with Crippen molar-refractivity contribution < 1.29 is 4.52 Å². The van der Waals surface area contributed by atoms with Gasteiger partial charge >= 0.3 is 0 Å². The Morgan fingerprint density at radius 3 is 2.74 bits per heavy atom. The van der Waals surface area contributed by atoms with Crippen LogP contribution in [0.25, 0.3) is 11.6 Å². The largest absolute Gasteiger partial charge is 0.338 e. The van der Waals surface area contributed by atoms with Crippen LogP contribution >= 0.6 is 0 Å². The average Bonchev–Trinajstić information content (AvgIpc) is 2.98. The van der Waals surface area contributed by atoms with Crippen LogP contribution in [0.5, 0.6) is 0 Å². The highest BCUT2D eigenvalue weighted by Gasteiger charge is 2.28. The van der Waals surface area contributed by atoms with Crippen molar-refractivity contribution in [1.29, 1.82) is 0 Å². The van der Waals surface area contributed by atoms with Crippen molar-refractivity contribution in [1.82, 2.24) is 30.6 Å². The van der Waals surface area contributed by atoms with E-state index in [2.05, 4.69) is 58.3 Å². The van der Waals surface area contributed by atoms with E-state index in [1.165, 1.54) is 6.33 Å². The van der Waals surface area contributed by atoms with Crippen LogP contribution in [0.15, 0.2) is 10.9 Å². The first-order chi connectivity index (χ1) is 9.13. The molecule has 0 aromatic carbocycles. The van der Waals surface area contributed by atoms with Gasteiger partial charge in [0.15, 0.2) is 5.82 Å². The topological polar surface area (TPSA) is 92.5 Å². The van der Waals surface area contributed by atoms with Gasteiger partial charge in [-0.05, 0) is 19.4 Å². The van der Waals surface area contributed by atoms with E-state index >= 15 is 0 Å². The summed E-state index contributed by atoms with van der Waals surface area (Å²) in [5.41, 5.74) is 0. The van der Waals surface area contributed by atoms with Crippen LogP contribution < -0.4 is 5.32 Å². The van der Waals surface area contributed by atoms with Crippen LogP contribution in [0.3, 0.4) is 0 Å². The molecule has 0 saturated heterocycles. The molecule has 7 nitrogen and oxygen atoms in total. The molecule has 2 atom stereocenters. The second-order valence-electron chi connectivity index (χ2n) is 4.91. The number of rotatable bonds is 6. The second kappa shape index (κ2) is 5.92. The SMILES string of the molecule is CCNC(C)C(c1nc(-c2ncn[nH]2)no1)C(C)C. The van der Waals surface area contributed by atoms with Crippen molar-refractivity contribution in [3.05, 3.63) is 12.2 Å². The summed E-state index contributed by atoms with van der Waals surface area (Å²) in [7, 11) is 0. The van der Waals surface area contributed by atoms with Gasteiger partial charge in [-0.2, -0.15) is 10.1 Å². The maximum atomic E-state index is 5.39. The molecule has 0 spiro atoms. The molecule has 0 amide bonds. The second-order valence-corrected chi connectivity index (χ2v) is 4.91. The smallest absolute Gasteiger partial charge is 0.239 e. The predicted molar refractivity (Wildman–Crippen MR) is 70.4 cm³/mol. The molecule has 0 bridgehead atoms. The van der Waals surface area contributed by atoms with Gasteiger partial charge in [0.25, 0.3) is 0 Å². The minimum Gasteiger partial charge on any atom is -0.338 e. The first-order valence-electron chi connectivity index (χ1n) is 6.56. The minimum absolute atomic E-state index is 0.170. The number of nitrogens with zero attached hydrogens (tertiary/aromatic N) is 4. The van der Waals surface area contributed by atoms with Crippen molar-refractivity contribution in [2.45, 2.75) is 39.7 Å². The molecule has 2 unspecified atom stereocenters. The lowest BCUT2D eigenvalue weighted by molar-refractivity contribution is 0.281. The van der Waals surface area contributed by atoms with E-state index < -0.39 is 0 Å². The molecule has 0 fully saturated rings. The van der Waals surface area contributed by atoms with E-state index in [1.807, 2.05) is 0 Å². The molecule has 104 valence electrons. The molecule has 2 rings (SSSR count). The van der Waals surface area contributed by atoms with Crippen LogP contribution in [0.1, 0.15) is 39.5 Å². The van der Waals surface area contributed by atoms with E-state index in [-0.39, 0.29) is 12.0 Å². The number of nitrogens with one attached hydrogen (secondary N) is 2. The quantitative estimate of drug-likeness (QED) is 0.823. The Labute approximate surface area is 112 Å². The van der Waals surface area contributed by atoms with Gasteiger partial charge in [-0.25, -0.2) is 4.98 Å². The summed E-state index contributed by atoms with van der Waals surface area (Å²) in [5, 5.41) is 13.9. The van der Waals surface area contributed by atoms with E-state index in [9.17, 15) is 0 Å². The summed E-state index contributed by atoms with van der Waals surface area (Å²) in [6.07, 6.45) is 1.42. The number of hydrogen-bond acceptors (Lipinski definition) is 6. The third-order valence-electron chi connectivity index (χ3n) is 3.14. The van der Waals surface area contributed by atoms with E-state index in [1.54, 1.807) is 0 Å². The van der Waals surface area contributed by atoms with Gasteiger partial charge in [-0.1, -0.05) is 25.9 Å². The fourth-order valence-electron chi connectivity index (χ4n) is 2.31. The Morgan fingerprint density at radius 2 is 2.16 bits per heavy atom. The zero-order valence-corrected chi connectivity index (χ0v) is 11.7. The highest BCUT2D eigenvalue weighted by molar-refractivity contribution is 5.39. The Bertz CT molecular complexity index is 492. The van der Waals surface area contributed by atoms with E-state index in [4.69, 9.17) is 4.52 Å². The fraction of sp³-hybridized carbons (Fsp3) is 0.667. The molecule has 19 heavy (non-hydrogen) atoms. The summed E-state index contributed by atoms with van der Waals surface area (Å²) >= 11 is 0. The Morgan fingerprint density at radius 1 is 1.37 bits per heavy atom. The van der Waals surface area contributed by atoms with Gasteiger partial charge in [-0.3, -0.25) is 5.10 Å². The van der Waals surface area contributed by atoms with Crippen LogP contribution in [-0.2, 0) is 0 Å². The number of likely N-dealkylation sites (N-methyl/N-ethyl adjacent to an activating group) is 1. The van der Waals surface area contributed by atoms with Gasteiger partial charge in [0.2, 0.25) is 11.7 Å². The molecule has 0 aliphatic carbocycles. The van der Waals surface area contributed by atoms with Crippen molar-refractivity contribution >= 4 is 0 Å². The number of aromatic nitrogens is 5. The zero-order valence-electron chi connectivity index (χ0n) is 11.7. The summed E-state index contributed by atoms with van der Waals surface area (Å²) in [4.78, 5) is 8.44. The molecule has 2 heterocycles. The van der Waals surface area contributed by atoms with Crippen LogP contribution in [-0.4, -0.2) is 37.9 Å². The Kier molecular flexibility index (Phi) is 4.26. The average molecular weight is 264 g/mol. The maximum absolute atomic E-state index is 5.39. The highest BCUT2D eigenvalue weighted by atomic mass is 16.5. The molecular formula is C12H20N6O. The summed E-state index contributed by atoms with van der Waals surface area (Å²) in [5.74, 6) is 2.17. The van der Waals surface area contributed by atoms with Crippen LogP contribution in [0.2, 0.25) is 0 Å². The minimum atomic E-state index is 0.170. The molecule has 0 saturated carbocycles. The zero-order chi connectivity index (χ0) is 13.8. The summed E-state index contributed by atoms with van der Waals surface area (Å²) < 4.78 is 5.39. The van der Waals surface area contributed by atoms with Gasteiger partial charge in [0, 0.05) is 6.04 Å². The van der Waals surface area contributed by atoms with Gasteiger partial charge in [0.05, 0.1) is 5.92 Å². The molecule has 2 N–H and O–H groups in total. The Balaban J connectivity index is 2.23. The van der Waals surface area contributed by atoms with Crippen LogP contribution in [0.4, 0.5) is 0 Å². The third kappa shape index (κ3) is 2.98. The van der Waals surface area contributed by atoms with Gasteiger partial charge in [0.1, 0.15) is 6.33 Å². The standard InChI is InChI=1S/C12H20N6O/c1-5-13-8(4)9(7(2)3)12-16-11(18-19-12)10-14-6-15-17-10/h6-9,13H,5H2,1-4H3,(H,14,15,17). The number of hydrogen-bond donors (Lipinski definition) is 2. The normalized spacial score (nSPS) is 14.8. The van der Waals surface area contributed by atoms with Gasteiger partial charge < -0.3 is 9.84 Å². The number of H-pyrrole nitrogens is 1. The maximum Gasteiger partial charge on any atom is 0.239 e. The monoisotopic (exact) mass is 264 g/mol. The highest BCUT2D eigenvalue weighted by Crippen LogP contribution is 2.27. The van der Waals surface area contributed by atoms with Crippen molar-refractivity contribution in [3.63, 3.8) is 0 Å². The molecule has 2 aromatic rings. The molecule has 0 aliphatic heterocycles. The molecular weight excluding hydrogens is 244 g/mol. The van der Waals surface area contributed by atoms with Crippen molar-refractivity contribution in [2.75, 3.05) is 6.54 Å². The van der Waals surface area contributed by atoms with E-state index in [0.717, 1.165) is 6.54 Å². The predicted octanol–water partition coefficient (Wildman–Crippen LogP) is 1.59. The fourth-order valence-corrected chi connectivity index (χ4v) is 2.31. The van der Waals surface area contributed by atoms with E-state index in [0.29, 0.717) is 23.5 Å². The lowest BCUT2D eigenvalue weighted by Crippen LogP contribution is -2.34. The van der Waals surface area contributed by atoms with Crippen molar-refractivity contribution in [2.24, 2.45) is 5.92 Å². The third-order valence-corrected chi connectivity index (χ3v) is 3.14. The van der Waals surface area contributed by atoms with Crippen LogP contribution in [0, 0.1) is 5.92 Å². The summed E-state index contributed by atoms with van der Waals surface area (Å²) in [6.45, 7) is 9.43. The molecule has 2 aromatic heterocycles. The lowest BCUT2D eigenvalue weighted by atomic mass is 9.89.